The smallest absolute Gasteiger partial charge is 0.189 e. The van der Waals surface area contributed by atoms with Crippen LogP contribution in [0.25, 0.3) is 32.0 Å². The fourth-order valence-corrected chi connectivity index (χ4v) is 7.50. The minimum atomic E-state index is -0.0388. The molecule has 0 saturated heterocycles. The van der Waals surface area contributed by atoms with E-state index in [4.69, 9.17) is 0 Å². The molecule has 0 radical (unpaired) electrons. The van der Waals surface area contributed by atoms with Crippen LogP contribution in [0.5, 0.6) is 0 Å². The normalized spacial score (nSPS) is 11.4. The quantitative estimate of drug-likeness (QED) is 0.133. The van der Waals surface area contributed by atoms with E-state index in [2.05, 4.69) is 118 Å². The monoisotopic (exact) mass is 605 g/mol. The van der Waals surface area contributed by atoms with Crippen molar-refractivity contribution in [1.82, 2.24) is 4.90 Å². The zero-order valence-corrected chi connectivity index (χ0v) is 27.9. The van der Waals surface area contributed by atoms with Crippen LogP contribution in [0.2, 0.25) is 0 Å². The molecule has 0 spiro atoms. The number of allylic oxidation sites excluding steroid dienone is 4. The Morgan fingerprint density at radius 2 is 1.67 bits per heavy atom. The third kappa shape index (κ3) is 8.43. The third-order valence-electron chi connectivity index (χ3n) is 7.50. The van der Waals surface area contributed by atoms with Gasteiger partial charge in [0.25, 0.3) is 0 Å². The molecule has 0 aliphatic rings. The van der Waals surface area contributed by atoms with Crippen LogP contribution in [0.3, 0.4) is 0 Å². The summed E-state index contributed by atoms with van der Waals surface area (Å²) in [4.78, 5) is 18.6. The predicted octanol–water partition coefficient (Wildman–Crippen LogP) is 11.2. The van der Waals surface area contributed by atoms with Crippen molar-refractivity contribution >= 4 is 39.6 Å². The van der Waals surface area contributed by atoms with Gasteiger partial charge in [0.2, 0.25) is 0 Å². The number of rotatable bonds is 14. The highest BCUT2D eigenvalue weighted by Gasteiger charge is 2.19. The van der Waals surface area contributed by atoms with Crippen LogP contribution < -0.4 is 0 Å². The number of Topliss-reactive ketones (excluding diaryl/α,β-unsaturated/α-hetero) is 1. The van der Waals surface area contributed by atoms with Gasteiger partial charge in [0.1, 0.15) is 0 Å². The molecular formula is C39H43NOS2. The van der Waals surface area contributed by atoms with Gasteiger partial charge in [-0.1, -0.05) is 86.7 Å². The van der Waals surface area contributed by atoms with Crippen molar-refractivity contribution in [2.75, 3.05) is 14.1 Å². The highest BCUT2D eigenvalue weighted by atomic mass is 32.1. The van der Waals surface area contributed by atoms with Gasteiger partial charge in [0.15, 0.2) is 5.78 Å². The first-order chi connectivity index (χ1) is 20.5. The lowest BCUT2D eigenvalue weighted by Crippen LogP contribution is -2.06. The van der Waals surface area contributed by atoms with Gasteiger partial charge in [-0.3, -0.25) is 4.79 Å². The number of nitrogens with zero attached hydrogens (tertiary/aromatic N) is 1. The minimum Gasteiger partial charge on any atom is -0.384 e. The van der Waals surface area contributed by atoms with E-state index < -0.39 is 0 Å². The van der Waals surface area contributed by atoms with Crippen molar-refractivity contribution in [3.05, 3.63) is 130 Å². The molecule has 0 unspecified atom stereocenters. The van der Waals surface area contributed by atoms with Gasteiger partial charge in [-0.2, -0.15) is 0 Å². The first kappa shape index (κ1) is 32.2. The van der Waals surface area contributed by atoms with Gasteiger partial charge >= 0.3 is 0 Å². The number of benzene rings is 2. The number of aryl methyl sites for hydroxylation is 2. The molecule has 0 atom stereocenters. The summed E-state index contributed by atoms with van der Waals surface area (Å²) >= 11 is 3.38. The van der Waals surface area contributed by atoms with Gasteiger partial charge in [-0.15, -0.1) is 22.7 Å². The highest BCUT2D eigenvalue weighted by Crippen LogP contribution is 2.41. The summed E-state index contributed by atoms with van der Waals surface area (Å²) in [7, 11) is 4.07. The lowest BCUT2D eigenvalue weighted by Gasteiger charge is -2.12. The zero-order chi connectivity index (χ0) is 31.1. The van der Waals surface area contributed by atoms with Gasteiger partial charge < -0.3 is 4.90 Å². The first-order valence-electron chi connectivity index (χ1n) is 14.9. The number of hydrogen-bond acceptors (Lipinski definition) is 4. The maximum Gasteiger partial charge on any atom is 0.189 e. The second-order valence-corrected chi connectivity index (χ2v) is 13.5. The lowest BCUT2D eigenvalue weighted by molar-refractivity contribution is -0.110. The largest absolute Gasteiger partial charge is 0.384 e. The first-order valence-corrected chi connectivity index (χ1v) is 16.6. The van der Waals surface area contributed by atoms with E-state index in [-0.39, 0.29) is 5.78 Å². The van der Waals surface area contributed by atoms with Crippen LogP contribution in [0.15, 0.2) is 103 Å². The molecule has 4 rings (SSSR count). The average Bonchev–Trinajstić information content (AvgIpc) is 3.62. The van der Waals surface area contributed by atoms with E-state index in [0.717, 1.165) is 47.3 Å². The second-order valence-electron chi connectivity index (χ2n) is 11.6. The maximum absolute atomic E-state index is 13.3. The molecule has 2 heterocycles. The molecule has 0 fully saturated rings. The van der Waals surface area contributed by atoms with E-state index >= 15 is 0 Å². The molecule has 0 aliphatic carbocycles. The molecule has 222 valence electrons. The Hall–Kier alpha value is -3.73. The van der Waals surface area contributed by atoms with Gasteiger partial charge in [0.05, 0.1) is 0 Å². The van der Waals surface area contributed by atoms with Gasteiger partial charge in [-0.25, -0.2) is 0 Å². The maximum atomic E-state index is 13.3. The number of thiophene rings is 2. The molecule has 4 heteroatoms. The minimum absolute atomic E-state index is 0.0388. The molecule has 0 amide bonds. The molecule has 0 bridgehead atoms. The van der Waals surface area contributed by atoms with Crippen LogP contribution in [-0.2, 0) is 11.2 Å². The lowest BCUT2D eigenvalue weighted by atomic mass is 9.96. The van der Waals surface area contributed by atoms with Crippen LogP contribution in [0, 0.1) is 13.8 Å². The topological polar surface area (TPSA) is 20.3 Å². The fourth-order valence-electron chi connectivity index (χ4n) is 5.26. The van der Waals surface area contributed by atoms with Crippen molar-refractivity contribution in [2.24, 2.45) is 0 Å². The summed E-state index contributed by atoms with van der Waals surface area (Å²) in [6.07, 6.45) is 6.61. The number of hydrogen-bond donors (Lipinski definition) is 0. The number of ketones is 1. The molecule has 4 aromatic rings. The summed E-state index contributed by atoms with van der Waals surface area (Å²) in [6, 6.07) is 21.6. The fraction of sp³-hybridized carbons (Fsp3) is 0.256. The number of carbonyl (C=O) groups is 1. The van der Waals surface area contributed by atoms with Crippen LogP contribution >= 0.6 is 22.7 Å². The molecular weight excluding hydrogens is 563 g/mol. The molecule has 0 saturated carbocycles. The van der Waals surface area contributed by atoms with Crippen molar-refractivity contribution in [3.63, 3.8) is 0 Å². The third-order valence-corrected chi connectivity index (χ3v) is 9.90. The summed E-state index contributed by atoms with van der Waals surface area (Å²) in [5, 5.41) is 2.22. The Balaban J connectivity index is 1.46. The summed E-state index contributed by atoms with van der Waals surface area (Å²) in [5.74, 6) is -0.0388. The van der Waals surface area contributed by atoms with Crippen molar-refractivity contribution < 1.29 is 4.79 Å². The molecule has 0 N–H and O–H groups in total. The SMILES string of the molecule is C=C(CC/C(=C/N(C)C)CCC)C(=O)C(=C)c1cc(C)c(-c2cc(-c3cccc(C(=C)Cc4cccc(C)c4)c3)cs2)s1. The molecule has 2 aromatic heterocycles. The van der Waals surface area contributed by atoms with Crippen LogP contribution in [0.1, 0.15) is 59.7 Å². The summed E-state index contributed by atoms with van der Waals surface area (Å²) in [5.41, 5.74) is 10.9. The van der Waals surface area contributed by atoms with E-state index in [0.29, 0.717) is 17.6 Å². The van der Waals surface area contributed by atoms with E-state index in [9.17, 15) is 4.79 Å². The zero-order valence-electron chi connectivity index (χ0n) is 26.3. The van der Waals surface area contributed by atoms with E-state index in [1.54, 1.807) is 22.7 Å². The Kier molecular flexibility index (Phi) is 11.0. The van der Waals surface area contributed by atoms with Crippen LogP contribution in [-0.4, -0.2) is 24.8 Å². The standard InChI is InChI=1S/C39H43NOS2/c1-9-12-31(24-40(7)8)18-17-27(3)38(41)30(6)36-21-29(5)39(43-36)37-23-35(25-42-37)34-16-11-15-33(22-34)28(4)20-32-14-10-13-26(2)19-32/h10-11,13-16,19,21-25H,3-4,6,9,12,17-18,20H2,1-2,5,7-8H3/b31-24+. The Bertz CT molecular complexity index is 1680. The van der Waals surface area contributed by atoms with E-state index in [1.807, 2.05) is 14.1 Å². The molecule has 2 aromatic carbocycles. The Morgan fingerprint density at radius 3 is 2.40 bits per heavy atom. The van der Waals surface area contributed by atoms with Gasteiger partial charge in [-0.05, 0) is 108 Å². The van der Waals surface area contributed by atoms with Gasteiger partial charge in [0, 0.05) is 34.3 Å². The van der Waals surface area contributed by atoms with E-state index in [1.165, 1.54) is 37.6 Å². The average molecular weight is 606 g/mol. The Morgan fingerprint density at radius 1 is 0.907 bits per heavy atom. The Labute approximate surface area is 266 Å². The highest BCUT2D eigenvalue weighted by molar-refractivity contribution is 7.22. The molecule has 0 aliphatic heterocycles. The molecule has 43 heavy (non-hydrogen) atoms. The second kappa shape index (κ2) is 14.6. The summed E-state index contributed by atoms with van der Waals surface area (Å²) < 4.78 is 0. The van der Waals surface area contributed by atoms with Crippen molar-refractivity contribution in [3.8, 4) is 20.9 Å². The van der Waals surface area contributed by atoms with Crippen molar-refractivity contribution in [1.29, 1.82) is 0 Å². The predicted molar refractivity (Wildman–Crippen MR) is 191 cm³/mol. The van der Waals surface area contributed by atoms with Crippen LogP contribution in [0.4, 0.5) is 0 Å². The number of carbonyl (C=O) groups excluding carboxylic acids is 1. The summed E-state index contributed by atoms with van der Waals surface area (Å²) in [6.45, 7) is 19.1. The van der Waals surface area contributed by atoms with Crippen molar-refractivity contribution in [2.45, 2.75) is 52.9 Å². The molecule has 2 nitrogen and oxygen atoms in total.